The molecule has 12 heteroatoms. The van der Waals surface area contributed by atoms with Crippen molar-refractivity contribution in [3.05, 3.63) is 64.7 Å². The van der Waals surface area contributed by atoms with Crippen LogP contribution < -0.4 is 10.6 Å². The van der Waals surface area contributed by atoms with Crippen molar-refractivity contribution in [1.82, 2.24) is 15.1 Å². The van der Waals surface area contributed by atoms with Crippen LogP contribution in [0.2, 0.25) is 0 Å². The summed E-state index contributed by atoms with van der Waals surface area (Å²) in [6.07, 6.45) is -2.93. The normalized spacial score (nSPS) is 20.8. The summed E-state index contributed by atoms with van der Waals surface area (Å²) in [5, 5.41) is 5.12. The number of nitrogens with one attached hydrogen (secondary N) is 2. The van der Waals surface area contributed by atoms with Crippen molar-refractivity contribution in [2.75, 3.05) is 18.9 Å². The molecule has 2 fully saturated rings. The van der Waals surface area contributed by atoms with E-state index in [1.807, 2.05) is 6.92 Å². The summed E-state index contributed by atoms with van der Waals surface area (Å²) in [6, 6.07) is 8.94. The summed E-state index contributed by atoms with van der Waals surface area (Å²) < 4.78 is 44.6. The van der Waals surface area contributed by atoms with Crippen molar-refractivity contribution in [2.24, 2.45) is 5.92 Å². The number of imide groups is 1. The fraction of sp³-hybridized carbons (Fsp3) is 0.429. The fourth-order valence-corrected chi connectivity index (χ4v) is 5.44. The highest BCUT2D eigenvalue weighted by molar-refractivity contribution is 6.06. The maximum absolute atomic E-state index is 13.6. The van der Waals surface area contributed by atoms with Gasteiger partial charge in [-0.25, -0.2) is 14.5 Å². The Balaban J connectivity index is 1.33. The second kappa shape index (κ2) is 10.1. The van der Waals surface area contributed by atoms with Gasteiger partial charge in [-0.1, -0.05) is 18.2 Å². The van der Waals surface area contributed by atoms with Crippen molar-refractivity contribution < 1.29 is 37.1 Å². The lowest BCUT2D eigenvalue weighted by Crippen LogP contribution is -2.47. The minimum Gasteiger partial charge on any atom is -0.427 e. The van der Waals surface area contributed by atoms with E-state index in [0.29, 0.717) is 23.2 Å². The Morgan fingerprint density at radius 2 is 1.85 bits per heavy atom. The number of ether oxygens (including phenoxy) is 1. The Bertz CT molecular complexity index is 1360. The van der Waals surface area contributed by atoms with Crippen molar-refractivity contribution in [3.8, 4) is 0 Å². The first-order valence-electron chi connectivity index (χ1n) is 13.1. The molecule has 212 valence electrons. The molecule has 5 rings (SSSR count). The van der Waals surface area contributed by atoms with Crippen molar-refractivity contribution in [3.63, 3.8) is 0 Å². The number of halogens is 3. The second-order valence-corrected chi connectivity index (χ2v) is 10.5. The quantitative estimate of drug-likeness (QED) is 0.524. The Hall–Kier alpha value is -4.09. The van der Waals surface area contributed by atoms with E-state index in [4.69, 9.17) is 4.74 Å². The molecule has 1 saturated heterocycles. The average Bonchev–Trinajstić information content (AvgIpc) is 3.67. The van der Waals surface area contributed by atoms with Crippen LogP contribution in [0.1, 0.15) is 48.4 Å². The molecule has 40 heavy (non-hydrogen) atoms. The number of aryl methyl sites for hydroxylation is 1. The third kappa shape index (κ3) is 5.09. The number of hydrogen-bond donors (Lipinski definition) is 2. The molecule has 1 heterocycles. The summed E-state index contributed by atoms with van der Waals surface area (Å²) in [4.78, 5) is 54.0. The molecule has 0 bridgehead atoms. The molecule has 9 nitrogen and oxygen atoms in total. The van der Waals surface area contributed by atoms with E-state index in [0.717, 1.165) is 35.4 Å². The molecule has 0 radical (unpaired) electrons. The third-order valence-corrected chi connectivity index (χ3v) is 7.89. The van der Waals surface area contributed by atoms with Crippen LogP contribution in [0.3, 0.4) is 0 Å². The molecule has 0 aromatic heterocycles. The predicted molar refractivity (Wildman–Crippen MR) is 137 cm³/mol. The zero-order valence-corrected chi connectivity index (χ0v) is 22.0. The van der Waals surface area contributed by atoms with Crippen molar-refractivity contribution in [2.45, 2.75) is 57.0 Å². The van der Waals surface area contributed by atoms with Gasteiger partial charge in [0, 0.05) is 37.3 Å². The maximum Gasteiger partial charge on any atom is 0.418 e. The zero-order valence-electron chi connectivity index (χ0n) is 22.0. The molecule has 2 aromatic rings. The molecular weight excluding hydrogens is 529 g/mol. The van der Waals surface area contributed by atoms with Crippen LogP contribution in [0.5, 0.6) is 0 Å². The van der Waals surface area contributed by atoms with Crippen LogP contribution in [0.15, 0.2) is 42.5 Å². The number of benzene rings is 2. The van der Waals surface area contributed by atoms with Crippen molar-refractivity contribution in [1.29, 1.82) is 0 Å². The van der Waals surface area contributed by atoms with E-state index in [2.05, 4.69) is 10.6 Å². The van der Waals surface area contributed by atoms with Crippen LogP contribution in [0, 0.1) is 5.92 Å². The van der Waals surface area contributed by atoms with Crippen LogP contribution in [-0.2, 0) is 39.1 Å². The number of hydrogen-bond acceptors (Lipinski definition) is 5. The molecule has 5 amide bonds. The topological polar surface area (TPSA) is 108 Å². The summed E-state index contributed by atoms with van der Waals surface area (Å²) in [7, 11) is 1.49. The van der Waals surface area contributed by atoms with Gasteiger partial charge in [-0.2, -0.15) is 13.2 Å². The Morgan fingerprint density at radius 1 is 1.15 bits per heavy atom. The minimum absolute atomic E-state index is 0.0425. The highest BCUT2D eigenvalue weighted by Crippen LogP contribution is 2.46. The molecule has 1 spiro atoms. The van der Waals surface area contributed by atoms with Gasteiger partial charge >= 0.3 is 18.3 Å². The van der Waals surface area contributed by atoms with Crippen LogP contribution in [0.25, 0.3) is 0 Å². The number of fused-ring (bicyclic) bond motifs is 2. The largest absolute Gasteiger partial charge is 0.427 e. The molecule has 2 N–H and O–H groups in total. The first-order valence-corrected chi connectivity index (χ1v) is 13.1. The number of rotatable bonds is 7. The smallest absolute Gasteiger partial charge is 0.418 e. The minimum atomic E-state index is -4.47. The zero-order chi connectivity index (χ0) is 28.8. The maximum atomic E-state index is 13.6. The van der Waals surface area contributed by atoms with E-state index in [1.54, 1.807) is 18.2 Å². The molecule has 1 saturated carbocycles. The van der Waals surface area contributed by atoms with Gasteiger partial charge in [0.05, 0.1) is 5.56 Å². The van der Waals surface area contributed by atoms with Gasteiger partial charge in [-0.15, -0.1) is 0 Å². The van der Waals surface area contributed by atoms with Gasteiger partial charge in [-0.3, -0.25) is 9.59 Å². The van der Waals surface area contributed by atoms with Gasteiger partial charge in [-0.05, 0) is 67.5 Å². The van der Waals surface area contributed by atoms with E-state index < -0.39 is 47.8 Å². The molecule has 3 aliphatic rings. The Kier molecular flexibility index (Phi) is 6.97. The summed E-state index contributed by atoms with van der Waals surface area (Å²) in [6.45, 7) is 1.37. The van der Waals surface area contributed by atoms with Crippen LogP contribution in [0.4, 0.5) is 28.4 Å². The SMILES string of the molecule is CNC(=O)Nc1ccc2c(c1)CC[C@@]21OC(=O)N(CC(=O)N(Cc2ccc(C(F)(F)F)cc2)C(C)C2CC2)C1=O. The molecule has 2 aliphatic carbocycles. The Labute approximate surface area is 228 Å². The fourth-order valence-electron chi connectivity index (χ4n) is 5.44. The highest BCUT2D eigenvalue weighted by Gasteiger charge is 2.58. The standard InChI is InChI=1S/C28H29F3N4O5/c1-16(18-5-6-18)34(14-17-3-7-20(8-4-17)28(29,30)31)23(36)15-35-24(37)27(40-26(35)39)12-11-19-13-21(9-10-22(19)27)33-25(38)32-2/h3-4,7-10,13,16,18H,5-6,11-12,14-15H2,1-2H3,(H2,32,33,38)/t16?,27-/m1/s1. The lowest BCUT2D eigenvalue weighted by molar-refractivity contribution is -0.143. The second-order valence-electron chi connectivity index (χ2n) is 10.5. The average molecular weight is 559 g/mol. The third-order valence-electron chi connectivity index (χ3n) is 7.89. The lowest BCUT2D eigenvalue weighted by atomic mass is 9.94. The summed E-state index contributed by atoms with van der Waals surface area (Å²) in [5.41, 5.74) is -0.0452. The monoisotopic (exact) mass is 558 g/mol. The van der Waals surface area contributed by atoms with Gasteiger partial charge in [0.25, 0.3) is 5.91 Å². The van der Waals surface area contributed by atoms with Crippen LogP contribution in [-0.4, -0.2) is 53.4 Å². The van der Waals surface area contributed by atoms with Gasteiger partial charge in [0.2, 0.25) is 11.5 Å². The molecule has 2 aromatic carbocycles. The Morgan fingerprint density at radius 3 is 2.48 bits per heavy atom. The summed E-state index contributed by atoms with van der Waals surface area (Å²) >= 11 is 0. The van der Waals surface area contributed by atoms with Gasteiger partial charge < -0.3 is 20.3 Å². The number of carbonyl (C=O) groups is 4. The first kappa shape index (κ1) is 27.5. The van der Waals surface area contributed by atoms with Gasteiger partial charge in [0.15, 0.2) is 0 Å². The number of amides is 5. The number of alkyl halides is 3. The van der Waals surface area contributed by atoms with E-state index in [-0.39, 0.29) is 24.9 Å². The first-order chi connectivity index (χ1) is 18.9. The summed E-state index contributed by atoms with van der Waals surface area (Å²) in [5.74, 6) is -0.888. The number of urea groups is 1. The van der Waals surface area contributed by atoms with Crippen LogP contribution >= 0.6 is 0 Å². The number of anilines is 1. The molecule has 1 aliphatic heterocycles. The highest BCUT2D eigenvalue weighted by atomic mass is 19.4. The molecular formula is C28H29F3N4O5. The lowest BCUT2D eigenvalue weighted by Gasteiger charge is -2.31. The molecule has 2 atom stereocenters. The molecule has 1 unspecified atom stereocenters. The predicted octanol–water partition coefficient (Wildman–Crippen LogP) is 4.40. The van der Waals surface area contributed by atoms with E-state index >= 15 is 0 Å². The number of nitrogens with zero attached hydrogens (tertiary/aromatic N) is 2. The number of carbonyl (C=O) groups excluding carboxylic acids is 4. The van der Waals surface area contributed by atoms with E-state index in [9.17, 15) is 32.3 Å². The van der Waals surface area contributed by atoms with Gasteiger partial charge in [0.1, 0.15) is 6.54 Å². The van der Waals surface area contributed by atoms with E-state index in [1.165, 1.54) is 24.1 Å². The van der Waals surface area contributed by atoms with Crippen molar-refractivity contribution >= 4 is 29.6 Å².